The van der Waals surface area contributed by atoms with Crippen molar-refractivity contribution in [2.45, 2.75) is 39.7 Å². The van der Waals surface area contributed by atoms with E-state index in [4.69, 9.17) is 5.73 Å². The molecule has 7 heteroatoms. The monoisotopic (exact) mass is 473 g/mol. The number of anilines is 1. The van der Waals surface area contributed by atoms with Gasteiger partial charge in [0, 0.05) is 18.8 Å². The summed E-state index contributed by atoms with van der Waals surface area (Å²) in [6.07, 6.45) is 8.17. The van der Waals surface area contributed by atoms with Gasteiger partial charge in [-0.25, -0.2) is 4.98 Å². The standard InChI is InChI=1S/C21H26BrN5O.C2H6/c1-4-7-15(6-3)19(8-5-2)27-21(28)16(14-24)11-18-12-17(25-10-9-23)13-20(22)26-18;1-2/h4,6-7,11-13,19H,1,3,5,8-10,23H2,2H3,(H,25,26)(H,27,28);1-2H3/b15-7+,16-11+;. The maximum absolute atomic E-state index is 12.7. The van der Waals surface area contributed by atoms with Crippen LogP contribution in [0.25, 0.3) is 6.08 Å². The van der Waals surface area contributed by atoms with Crippen LogP contribution in [-0.4, -0.2) is 30.0 Å². The van der Waals surface area contributed by atoms with Crippen LogP contribution in [0, 0.1) is 11.3 Å². The summed E-state index contributed by atoms with van der Waals surface area (Å²) in [6, 6.07) is 5.26. The lowest BCUT2D eigenvalue weighted by Crippen LogP contribution is -2.36. The van der Waals surface area contributed by atoms with Crippen molar-refractivity contribution in [2.75, 3.05) is 18.4 Å². The molecule has 0 aliphatic rings. The van der Waals surface area contributed by atoms with Crippen molar-refractivity contribution in [3.8, 4) is 6.07 Å². The molecule has 1 amide bonds. The number of hydrogen-bond donors (Lipinski definition) is 3. The lowest BCUT2D eigenvalue weighted by molar-refractivity contribution is -0.117. The van der Waals surface area contributed by atoms with E-state index < -0.39 is 5.91 Å². The first-order valence-electron chi connectivity index (χ1n) is 9.98. The molecule has 0 aliphatic heterocycles. The topological polar surface area (TPSA) is 104 Å². The fourth-order valence-electron chi connectivity index (χ4n) is 2.52. The number of allylic oxidation sites excluding steroid dienone is 2. The van der Waals surface area contributed by atoms with Crippen molar-refractivity contribution in [1.29, 1.82) is 5.26 Å². The summed E-state index contributed by atoms with van der Waals surface area (Å²) in [7, 11) is 0. The molecule has 0 bridgehead atoms. The van der Waals surface area contributed by atoms with Crippen LogP contribution in [-0.2, 0) is 4.79 Å². The molecule has 162 valence electrons. The Kier molecular flexibility index (Phi) is 14.7. The predicted octanol–water partition coefficient (Wildman–Crippen LogP) is 4.73. The first-order chi connectivity index (χ1) is 14.5. The molecule has 6 nitrogen and oxygen atoms in total. The highest BCUT2D eigenvalue weighted by molar-refractivity contribution is 9.10. The Morgan fingerprint density at radius 1 is 1.40 bits per heavy atom. The zero-order valence-corrected chi connectivity index (χ0v) is 19.6. The number of rotatable bonds is 11. The lowest BCUT2D eigenvalue weighted by Gasteiger charge is -2.19. The minimum Gasteiger partial charge on any atom is -0.384 e. The Morgan fingerprint density at radius 2 is 2.10 bits per heavy atom. The summed E-state index contributed by atoms with van der Waals surface area (Å²) in [5.74, 6) is -0.462. The minimum atomic E-state index is -0.462. The van der Waals surface area contributed by atoms with Crippen molar-refractivity contribution >= 4 is 33.6 Å². The Hall–Kier alpha value is -2.69. The second kappa shape index (κ2) is 16.1. The van der Waals surface area contributed by atoms with Crippen molar-refractivity contribution in [3.63, 3.8) is 0 Å². The molecule has 0 saturated carbocycles. The molecule has 0 fully saturated rings. The van der Waals surface area contributed by atoms with E-state index in [0.29, 0.717) is 23.4 Å². The summed E-state index contributed by atoms with van der Waals surface area (Å²) in [4.78, 5) is 17.0. The molecule has 1 unspecified atom stereocenters. The van der Waals surface area contributed by atoms with Crippen molar-refractivity contribution in [3.05, 3.63) is 65.0 Å². The van der Waals surface area contributed by atoms with E-state index in [-0.39, 0.29) is 11.6 Å². The molecule has 0 aliphatic carbocycles. The van der Waals surface area contributed by atoms with Crippen LogP contribution < -0.4 is 16.4 Å². The third-order valence-corrected chi connectivity index (χ3v) is 4.18. The third-order valence-electron chi connectivity index (χ3n) is 3.78. The summed E-state index contributed by atoms with van der Waals surface area (Å²) in [5, 5.41) is 15.5. The first-order valence-corrected chi connectivity index (χ1v) is 10.8. The van der Waals surface area contributed by atoms with Crippen LogP contribution in [0.5, 0.6) is 0 Å². The number of amides is 1. The second-order valence-corrected chi connectivity index (χ2v) is 6.72. The number of nitriles is 1. The number of halogens is 1. The van der Waals surface area contributed by atoms with Crippen LogP contribution in [0.4, 0.5) is 5.69 Å². The van der Waals surface area contributed by atoms with Gasteiger partial charge in [-0.05, 0) is 46.1 Å². The zero-order valence-electron chi connectivity index (χ0n) is 18.0. The van der Waals surface area contributed by atoms with Crippen molar-refractivity contribution in [2.24, 2.45) is 5.73 Å². The number of pyridine rings is 1. The number of nitrogens with zero attached hydrogens (tertiary/aromatic N) is 2. The van der Waals surface area contributed by atoms with E-state index >= 15 is 0 Å². The number of nitrogens with one attached hydrogen (secondary N) is 2. The predicted molar refractivity (Wildman–Crippen MR) is 130 cm³/mol. The quantitative estimate of drug-likeness (QED) is 0.186. The highest BCUT2D eigenvalue weighted by atomic mass is 79.9. The van der Waals surface area contributed by atoms with Gasteiger partial charge in [0.15, 0.2) is 0 Å². The van der Waals surface area contributed by atoms with Gasteiger partial charge < -0.3 is 16.4 Å². The molecule has 1 atom stereocenters. The number of hydrogen-bond acceptors (Lipinski definition) is 5. The Labute approximate surface area is 188 Å². The van der Waals surface area contributed by atoms with Gasteiger partial charge in [-0.2, -0.15) is 5.26 Å². The van der Waals surface area contributed by atoms with Gasteiger partial charge in [0.25, 0.3) is 5.91 Å². The average molecular weight is 474 g/mol. The highest BCUT2D eigenvalue weighted by Gasteiger charge is 2.17. The van der Waals surface area contributed by atoms with Crippen molar-refractivity contribution in [1.82, 2.24) is 10.3 Å². The SMILES string of the molecule is C=C/C=C(\C=C)C(CCC)NC(=O)/C(C#N)=C/c1cc(NCCN)cc(Br)n1.CC. The van der Waals surface area contributed by atoms with Gasteiger partial charge >= 0.3 is 0 Å². The Bertz CT molecular complexity index is 808. The smallest absolute Gasteiger partial charge is 0.262 e. The molecule has 0 spiro atoms. The number of carbonyl (C=O) groups is 1. The van der Waals surface area contributed by atoms with Gasteiger partial charge in [-0.3, -0.25) is 4.79 Å². The van der Waals surface area contributed by atoms with Crippen molar-refractivity contribution < 1.29 is 4.79 Å². The molecule has 0 aromatic carbocycles. The molecule has 1 aromatic heterocycles. The maximum atomic E-state index is 12.7. The fraction of sp³-hybridized carbons (Fsp3) is 0.348. The third kappa shape index (κ3) is 9.68. The second-order valence-electron chi connectivity index (χ2n) is 5.91. The summed E-state index contributed by atoms with van der Waals surface area (Å²) < 4.78 is 0.588. The molecule has 1 rings (SSSR count). The number of carbonyl (C=O) groups excluding carboxylic acids is 1. The minimum absolute atomic E-state index is 0.0292. The maximum Gasteiger partial charge on any atom is 0.262 e. The summed E-state index contributed by atoms with van der Waals surface area (Å²) in [6.45, 7) is 14.6. The van der Waals surface area contributed by atoms with Crippen LogP contribution >= 0.6 is 15.9 Å². The van der Waals surface area contributed by atoms with Gasteiger partial charge in [0.2, 0.25) is 0 Å². The van der Waals surface area contributed by atoms with E-state index in [9.17, 15) is 10.1 Å². The van der Waals surface area contributed by atoms with E-state index in [1.54, 1.807) is 30.4 Å². The van der Waals surface area contributed by atoms with Crippen LogP contribution in [0.3, 0.4) is 0 Å². The normalized spacial score (nSPS) is 12.0. The first kappa shape index (κ1) is 27.3. The van der Waals surface area contributed by atoms with E-state index in [0.717, 1.165) is 24.1 Å². The molecule has 30 heavy (non-hydrogen) atoms. The fourth-order valence-corrected chi connectivity index (χ4v) is 2.97. The zero-order chi connectivity index (χ0) is 22.9. The van der Waals surface area contributed by atoms with E-state index in [1.807, 2.05) is 26.8 Å². The molecular weight excluding hydrogens is 442 g/mol. The largest absolute Gasteiger partial charge is 0.384 e. The van der Waals surface area contributed by atoms with Crippen LogP contribution in [0.15, 0.2) is 59.3 Å². The van der Waals surface area contributed by atoms with Crippen LogP contribution in [0.2, 0.25) is 0 Å². The van der Waals surface area contributed by atoms with Gasteiger partial charge in [0.05, 0.1) is 11.7 Å². The Morgan fingerprint density at radius 3 is 2.63 bits per heavy atom. The van der Waals surface area contributed by atoms with E-state index in [2.05, 4.69) is 44.7 Å². The van der Waals surface area contributed by atoms with Gasteiger partial charge in [-0.15, -0.1) is 0 Å². The molecule has 0 radical (unpaired) electrons. The number of aromatic nitrogens is 1. The molecule has 0 saturated heterocycles. The highest BCUT2D eigenvalue weighted by Crippen LogP contribution is 2.18. The van der Waals surface area contributed by atoms with Gasteiger partial charge in [0.1, 0.15) is 16.2 Å². The Balaban J connectivity index is 0.00000407. The molecular formula is C23H32BrN5O. The van der Waals surface area contributed by atoms with Crippen LogP contribution in [0.1, 0.15) is 39.3 Å². The lowest BCUT2D eigenvalue weighted by atomic mass is 10.0. The molecule has 1 aromatic rings. The molecule has 4 N–H and O–H groups in total. The van der Waals surface area contributed by atoms with E-state index in [1.165, 1.54) is 6.08 Å². The summed E-state index contributed by atoms with van der Waals surface area (Å²) >= 11 is 3.34. The van der Waals surface area contributed by atoms with Gasteiger partial charge in [-0.1, -0.05) is 58.6 Å². The molecule has 1 heterocycles. The number of nitrogens with two attached hydrogens (primary N) is 1. The average Bonchev–Trinajstić information content (AvgIpc) is 2.75. The summed E-state index contributed by atoms with van der Waals surface area (Å²) in [5.41, 5.74) is 7.60.